The summed E-state index contributed by atoms with van der Waals surface area (Å²) < 4.78 is 5.06. The highest BCUT2D eigenvalue weighted by molar-refractivity contribution is 5.62. The summed E-state index contributed by atoms with van der Waals surface area (Å²) in [5.41, 5.74) is 1.34. The average molecular weight is 285 g/mol. The van der Waals surface area contributed by atoms with Crippen LogP contribution in [0, 0.1) is 0 Å². The second kappa shape index (κ2) is 19.8. The van der Waals surface area contributed by atoms with Gasteiger partial charge < -0.3 is 15.2 Å². The minimum absolute atomic E-state index is 0.833. The highest BCUT2D eigenvalue weighted by Gasteiger charge is 1.92. The van der Waals surface area contributed by atoms with Crippen LogP contribution >= 0.6 is 0 Å². The fraction of sp³-hybridized carbons (Fsp3) is 0.562. The van der Waals surface area contributed by atoms with Crippen molar-refractivity contribution in [2.24, 2.45) is 0 Å². The quantitative estimate of drug-likeness (QED) is 0.887. The van der Waals surface area contributed by atoms with Gasteiger partial charge in [-0.3, -0.25) is 4.79 Å². The van der Waals surface area contributed by atoms with Crippen LogP contribution in [0.3, 0.4) is 0 Å². The van der Waals surface area contributed by atoms with Crippen molar-refractivity contribution < 1.29 is 14.6 Å². The molecule has 0 bridgehead atoms. The summed E-state index contributed by atoms with van der Waals surface area (Å²) in [6.45, 7) is 10.1. The maximum atomic E-state index is 9.00. The molecule has 118 valence electrons. The molecule has 0 spiro atoms. The number of aliphatic carboxylic acids is 1. The largest absolute Gasteiger partial charge is 0.497 e. The Morgan fingerprint density at radius 2 is 1.55 bits per heavy atom. The van der Waals surface area contributed by atoms with E-state index in [1.807, 2.05) is 46.9 Å². The van der Waals surface area contributed by atoms with E-state index in [1.165, 1.54) is 5.56 Å². The van der Waals surface area contributed by atoms with E-state index in [2.05, 4.69) is 17.4 Å². The van der Waals surface area contributed by atoms with E-state index in [-0.39, 0.29) is 0 Å². The zero-order valence-electron chi connectivity index (χ0n) is 14.0. The van der Waals surface area contributed by atoms with Gasteiger partial charge in [-0.15, -0.1) is 0 Å². The summed E-state index contributed by atoms with van der Waals surface area (Å²) in [6, 6.07) is 8.17. The monoisotopic (exact) mass is 285 g/mol. The molecule has 0 aliphatic carbocycles. The Bertz CT molecular complexity index is 293. The zero-order valence-corrected chi connectivity index (χ0v) is 14.0. The molecule has 0 fully saturated rings. The molecule has 4 heteroatoms. The summed E-state index contributed by atoms with van der Waals surface area (Å²) in [4.78, 5) is 9.00. The van der Waals surface area contributed by atoms with E-state index in [0.29, 0.717) is 0 Å². The molecular weight excluding hydrogens is 254 g/mol. The molecule has 0 aliphatic rings. The molecule has 0 saturated carbocycles. The Labute approximate surface area is 124 Å². The molecule has 0 aromatic heterocycles. The lowest BCUT2D eigenvalue weighted by Gasteiger charge is -2.02. The van der Waals surface area contributed by atoms with Gasteiger partial charge in [0.2, 0.25) is 0 Å². The Balaban J connectivity index is -0.000000306. The zero-order chi connectivity index (χ0) is 16.4. The topological polar surface area (TPSA) is 58.6 Å². The van der Waals surface area contributed by atoms with Crippen molar-refractivity contribution in [2.75, 3.05) is 20.7 Å². The van der Waals surface area contributed by atoms with Crippen LogP contribution < -0.4 is 10.1 Å². The van der Waals surface area contributed by atoms with Gasteiger partial charge in [0.05, 0.1) is 7.11 Å². The first-order valence-electron chi connectivity index (χ1n) is 7.07. The molecule has 1 rings (SSSR count). The normalized spacial score (nSPS) is 7.75. The van der Waals surface area contributed by atoms with Crippen LogP contribution in [0.4, 0.5) is 0 Å². The van der Waals surface area contributed by atoms with Crippen molar-refractivity contribution in [2.45, 2.75) is 41.0 Å². The molecule has 0 unspecified atom stereocenters. The number of carbonyl (C=O) groups is 1. The molecule has 0 heterocycles. The number of carboxylic acid groups (broad SMARTS) is 1. The van der Waals surface area contributed by atoms with Gasteiger partial charge in [0.1, 0.15) is 5.75 Å². The van der Waals surface area contributed by atoms with Crippen LogP contribution in [-0.4, -0.2) is 31.8 Å². The standard InChI is InChI=1S/C10H15NO.C2H4O2.2C2H6/c1-11-8-7-9-3-5-10(12-2)6-4-9;1-2(3)4;2*1-2/h3-6,11H,7-8H2,1-2H3;1H3,(H,3,4);2*1-2H3. The fourth-order valence-corrected chi connectivity index (χ4v) is 1.06. The average Bonchev–Trinajstić information content (AvgIpc) is 2.49. The van der Waals surface area contributed by atoms with Crippen LogP contribution in [0.1, 0.15) is 40.2 Å². The maximum Gasteiger partial charge on any atom is 0.300 e. The Morgan fingerprint density at radius 3 is 1.85 bits per heavy atom. The van der Waals surface area contributed by atoms with E-state index < -0.39 is 5.97 Å². The van der Waals surface area contributed by atoms with Gasteiger partial charge in [-0.05, 0) is 37.7 Å². The lowest BCUT2D eigenvalue weighted by atomic mass is 10.1. The van der Waals surface area contributed by atoms with E-state index in [9.17, 15) is 0 Å². The lowest BCUT2D eigenvalue weighted by Crippen LogP contribution is -2.10. The van der Waals surface area contributed by atoms with E-state index >= 15 is 0 Å². The van der Waals surface area contributed by atoms with E-state index in [4.69, 9.17) is 14.6 Å². The van der Waals surface area contributed by atoms with Crippen LogP contribution in [-0.2, 0) is 11.2 Å². The number of benzene rings is 1. The minimum atomic E-state index is -0.833. The van der Waals surface area contributed by atoms with Gasteiger partial charge in [0.25, 0.3) is 5.97 Å². The molecule has 4 nitrogen and oxygen atoms in total. The van der Waals surface area contributed by atoms with Gasteiger partial charge in [-0.1, -0.05) is 39.8 Å². The van der Waals surface area contributed by atoms with Gasteiger partial charge in [0, 0.05) is 6.92 Å². The molecule has 0 amide bonds. The molecule has 1 aromatic rings. The SMILES string of the molecule is CC.CC.CC(=O)O.CNCCc1ccc(OC)cc1. The van der Waals surface area contributed by atoms with E-state index in [0.717, 1.165) is 25.6 Å². The molecule has 1 aromatic carbocycles. The van der Waals surface area contributed by atoms with Crippen molar-refractivity contribution in [3.05, 3.63) is 29.8 Å². The number of methoxy groups -OCH3 is 1. The predicted octanol–water partition coefficient (Wildman–Crippen LogP) is 3.60. The third-order valence-corrected chi connectivity index (χ3v) is 1.82. The second-order valence-corrected chi connectivity index (χ2v) is 3.22. The maximum absolute atomic E-state index is 9.00. The van der Waals surface area contributed by atoms with Crippen LogP contribution in [0.5, 0.6) is 5.75 Å². The van der Waals surface area contributed by atoms with Gasteiger partial charge >= 0.3 is 0 Å². The number of hydrogen-bond donors (Lipinski definition) is 2. The van der Waals surface area contributed by atoms with Crippen LogP contribution in [0.25, 0.3) is 0 Å². The molecule has 20 heavy (non-hydrogen) atoms. The summed E-state index contributed by atoms with van der Waals surface area (Å²) in [5.74, 6) is 0.0863. The number of likely N-dealkylation sites (N-methyl/N-ethyl adjacent to an activating group) is 1. The van der Waals surface area contributed by atoms with Crippen molar-refractivity contribution in [3.63, 3.8) is 0 Å². The van der Waals surface area contributed by atoms with Crippen molar-refractivity contribution in [1.29, 1.82) is 0 Å². The predicted molar refractivity (Wildman–Crippen MR) is 86.6 cm³/mol. The van der Waals surface area contributed by atoms with Crippen molar-refractivity contribution in [3.8, 4) is 5.75 Å². The summed E-state index contributed by atoms with van der Waals surface area (Å²) >= 11 is 0. The van der Waals surface area contributed by atoms with Gasteiger partial charge in [-0.25, -0.2) is 0 Å². The van der Waals surface area contributed by atoms with Gasteiger partial charge in [0.15, 0.2) is 0 Å². The number of ether oxygens (including phenoxy) is 1. The smallest absolute Gasteiger partial charge is 0.300 e. The highest BCUT2D eigenvalue weighted by atomic mass is 16.5. The number of hydrogen-bond acceptors (Lipinski definition) is 3. The number of nitrogens with one attached hydrogen (secondary N) is 1. The summed E-state index contributed by atoms with van der Waals surface area (Å²) in [5, 5.41) is 10.5. The van der Waals surface area contributed by atoms with Crippen LogP contribution in [0.15, 0.2) is 24.3 Å². The highest BCUT2D eigenvalue weighted by Crippen LogP contribution is 2.11. The summed E-state index contributed by atoms with van der Waals surface area (Å²) in [6.07, 6.45) is 1.07. The van der Waals surface area contributed by atoms with Crippen molar-refractivity contribution >= 4 is 5.97 Å². The van der Waals surface area contributed by atoms with E-state index in [1.54, 1.807) is 7.11 Å². The lowest BCUT2D eigenvalue weighted by molar-refractivity contribution is -0.134. The Morgan fingerprint density at radius 1 is 1.15 bits per heavy atom. The second-order valence-electron chi connectivity index (χ2n) is 3.22. The number of carboxylic acids is 1. The van der Waals surface area contributed by atoms with Crippen LogP contribution in [0.2, 0.25) is 0 Å². The third kappa shape index (κ3) is 18.8. The van der Waals surface area contributed by atoms with Gasteiger partial charge in [-0.2, -0.15) is 0 Å². The third-order valence-electron chi connectivity index (χ3n) is 1.82. The first kappa shape index (κ1) is 23.5. The minimum Gasteiger partial charge on any atom is -0.497 e. The Hall–Kier alpha value is -1.55. The Kier molecular flexibility index (Phi) is 23.3. The molecular formula is C16H31NO3. The molecule has 0 atom stereocenters. The molecule has 0 radical (unpaired) electrons. The first-order chi connectivity index (χ1) is 9.60. The van der Waals surface area contributed by atoms with Crippen molar-refractivity contribution in [1.82, 2.24) is 5.32 Å². The molecule has 0 aliphatic heterocycles. The molecule has 2 N–H and O–H groups in total. The number of rotatable bonds is 4. The summed E-state index contributed by atoms with van der Waals surface area (Å²) in [7, 11) is 3.64. The first-order valence-corrected chi connectivity index (χ1v) is 7.07. The molecule has 0 saturated heterocycles. The fourth-order valence-electron chi connectivity index (χ4n) is 1.06.